The molecule has 150 valence electrons. The molecule has 0 aromatic heterocycles. The first-order valence-corrected chi connectivity index (χ1v) is 9.67. The van der Waals surface area contributed by atoms with Crippen LogP contribution in [0.4, 0.5) is 5.69 Å². The van der Waals surface area contributed by atoms with Crippen LogP contribution in [0, 0.1) is 28.6 Å². The first-order chi connectivity index (χ1) is 13.0. The lowest BCUT2D eigenvalue weighted by molar-refractivity contribution is -0.148. The van der Waals surface area contributed by atoms with Crippen LogP contribution in [-0.2, 0) is 14.4 Å². The van der Waals surface area contributed by atoms with Crippen molar-refractivity contribution >= 4 is 29.1 Å². The Morgan fingerprint density at radius 3 is 2.25 bits per heavy atom. The highest BCUT2D eigenvalue weighted by atomic mass is 16.4. The van der Waals surface area contributed by atoms with Crippen molar-refractivity contribution in [2.75, 3.05) is 5.32 Å². The molecule has 0 spiro atoms. The summed E-state index contributed by atoms with van der Waals surface area (Å²) >= 11 is 0. The average Bonchev–Trinajstić information content (AvgIpc) is 2.92. The summed E-state index contributed by atoms with van der Waals surface area (Å²) in [5.41, 5.74) is 0.170. The molecule has 28 heavy (non-hydrogen) atoms. The number of rotatable bonds is 6. The zero-order valence-electron chi connectivity index (χ0n) is 16.7. The first kappa shape index (κ1) is 20.2. The zero-order chi connectivity index (χ0) is 20.9. The normalized spacial score (nSPS) is 28.8. The highest BCUT2D eigenvalue weighted by Crippen LogP contribution is 2.67. The molecule has 6 heteroatoms. The number of Topliss-reactive ketones (excluding diaryl/α,β-unsaturated/α-hetero) is 2. The quantitative estimate of drug-likeness (QED) is 0.729. The minimum absolute atomic E-state index is 0.00467. The van der Waals surface area contributed by atoms with Gasteiger partial charge in [0.1, 0.15) is 5.78 Å². The number of carbonyl (C=O) groups is 4. The number of ketones is 2. The summed E-state index contributed by atoms with van der Waals surface area (Å²) in [4.78, 5) is 49.0. The number of benzene rings is 1. The van der Waals surface area contributed by atoms with Gasteiger partial charge in [-0.15, -0.1) is 0 Å². The van der Waals surface area contributed by atoms with E-state index in [1.165, 1.54) is 6.92 Å². The van der Waals surface area contributed by atoms with Gasteiger partial charge >= 0.3 is 5.97 Å². The minimum Gasteiger partial charge on any atom is -0.481 e. The van der Waals surface area contributed by atoms with Gasteiger partial charge < -0.3 is 10.4 Å². The molecule has 6 nitrogen and oxygen atoms in total. The molecule has 2 saturated carbocycles. The van der Waals surface area contributed by atoms with E-state index in [2.05, 4.69) is 5.32 Å². The third-order valence-corrected chi connectivity index (χ3v) is 7.27. The van der Waals surface area contributed by atoms with Gasteiger partial charge in [0.15, 0.2) is 5.78 Å². The Kier molecular flexibility index (Phi) is 4.94. The molecule has 1 aromatic carbocycles. The molecule has 2 unspecified atom stereocenters. The maximum Gasteiger partial charge on any atom is 0.307 e. The lowest BCUT2D eigenvalue weighted by atomic mass is 9.70. The molecule has 2 fully saturated rings. The Bertz CT molecular complexity index is 841. The number of carboxylic acids is 1. The fourth-order valence-electron chi connectivity index (χ4n) is 5.25. The summed E-state index contributed by atoms with van der Waals surface area (Å²) in [6, 6.07) is 6.36. The van der Waals surface area contributed by atoms with E-state index in [4.69, 9.17) is 0 Å². The number of carbonyl (C=O) groups excluding carboxylic acids is 3. The SMILES string of the molecule is CC(=O)Nc1ccc(C(=O)C[C@@H](C(=O)O)[C@H]2C(=O)C3(C)CCC2C3(C)C)cc1. The average molecular weight is 385 g/mol. The van der Waals surface area contributed by atoms with E-state index in [-0.39, 0.29) is 35.2 Å². The van der Waals surface area contributed by atoms with Gasteiger partial charge in [-0.05, 0) is 48.4 Å². The Morgan fingerprint density at radius 2 is 1.79 bits per heavy atom. The van der Waals surface area contributed by atoms with Crippen molar-refractivity contribution in [3.05, 3.63) is 29.8 Å². The number of fused-ring (bicyclic) bond motifs is 2. The van der Waals surface area contributed by atoms with Crippen LogP contribution >= 0.6 is 0 Å². The lowest BCUT2D eigenvalue weighted by Crippen LogP contribution is -2.38. The van der Waals surface area contributed by atoms with Crippen molar-refractivity contribution in [3.8, 4) is 0 Å². The van der Waals surface area contributed by atoms with Crippen LogP contribution in [0.5, 0.6) is 0 Å². The second-order valence-electron chi connectivity index (χ2n) is 8.92. The highest BCUT2D eigenvalue weighted by Gasteiger charge is 2.68. The van der Waals surface area contributed by atoms with Crippen molar-refractivity contribution in [2.45, 2.75) is 47.0 Å². The predicted octanol–water partition coefficient (Wildman–Crippen LogP) is 3.56. The molecule has 2 aliphatic carbocycles. The number of nitrogens with one attached hydrogen (secondary N) is 1. The van der Waals surface area contributed by atoms with Gasteiger partial charge in [0.25, 0.3) is 0 Å². The minimum atomic E-state index is -1.09. The summed E-state index contributed by atoms with van der Waals surface area (Å²) in [6.07, 6.45) is 1.40. The first-order valence-electron chi connectivity index (χ1n) is 9.67. The smallest absolute Gasteiger partial charge is 0.307 e. The Morgan fingerprint density at radius 1 is 1.18 bits per heavy atom. The summed E-state index contributed by atoms with van der Waals surface area (Å²) in [5.74, 6) is -3.25. The number of aliphatic carboxylic acids is 1. The fraction of sp³-hybridized carbons (Fsp3) is 0.545. The topological polar surface area (TPSA) is 101 Å². The van der Waals surface area contributed by atoms with Crippen LogP contribution in [0.25, 0.3) is 0 Å². The number of anilines is 1. The number of amides is 1. The summed E-state index contributed by atoms with van der Waals surface area (Å²) in [6.45, 7) is 7.43. The van der Waals surface area contributed by atoms with E-state index in [0.717, 1.165) is 12.8 Å². The van der Waals surface area contributed by atoms with Gasteiger partial charge in [0.2, 0.25) is 5.91 Å². The van der Waals surface area contributed by atoms with E-state index in [1.807, 2.05) is 20.8 Å². The maximum absolute atomic E-state index is 13.1. The summed E-state index contributed by atoms with van der Waals surface area (Å²) in [5, 5.41) is 12.4. The summed E-state index contributed by atoms with van der Waals surface area (Å²) in [7, 11) is 0. The van der Waals surface area contributed by atoms with Crippen molar-refractivity contribution < 1.29 is 24.3 Å². The molecule has 1 aromatic rings. The van der Waals surface area contributed by atoms with E-state index < -0.39 is 23.2 Å². The standard InChI is InChI=1S/C22H27NO5/c1-12(24)23-14-7-5-13(6-8-14)17(25)11-15(20(27)28)18-16-9-10-22(4,19(18)26)21(16,2)3/h5-8,15-16,18H,9-11H2,1-4H3,(H,23,24)(H,27,28)/t15-,16?,18-,22?/m1/s1. The van der Waals surface area contributed by atoms with E-state index in [1.54, 1.807) is 24.3 Å². The largest absolute Gasteiger partial charge is 0.481 e. The molecule has 4 atom stereocenters. The number of hydrogen-bond acceptors (Lipinski definition) is 4. The Labute approximate surface area is 164 Å². The number of hydrogen-bond donors (Lipinski definition) is 2. The lowest BCUT2D eigenvalue weighted by Gasteiger charge is -2.32. The van der Waals surface area contributed by atoms with Crippen LogP contribution in [-0.4, -0.2) is 28.5 Å². The third kappa shape index (κ3) is 3.05. The van der Waals surface area contributed by atoms with Crippen LogP contribution in [0.1, 0.15) is 57.3 Å². The van der Waals surface area contributed by atoms with Crippen molar-refractivity contribution in [2.24, 2.45) is 28.6 Å². The van der Waals surface area contributed by atoms with Gasteiger partial charge in [-0.2, -0.15) is 0 Å². The molecule has 2 bridgehead atoms. The fourth-order valence-corrected chi connectivity index (χ4v) is 5.25. The molecule has 0 radical (unpaired) electrons. The maximum atomic E-state index is 13.1. The monoisotopic (exact) mass is 385 g/mol. The zero-order valence-corrected chi connectivity index (χ0v) is 16.7. The molecule has 1 amide bonds. The molecule has 0 aliphatic heterocycles. The van der Waals surface area contributed by atoms with Crippen LogP contribution in [0.3, 0.4) is 0 Å². The van der Waals surface area contributed by atoms with E-state index in [9.17, 15) is 24.3 Å². The molecule has 0 saturated heterocycles. The Balaban J connectivity index is 1.81. The van der Waals surface area contributed by atoms with E-state index in [0.29, 0.717) is 11.3 Å². The van der Waals surface area contributed by atoms with Gasteiger partial charge in [-0.25, -0.2) is 0 Å². The molecule has 0 heterocycles. The predicted molar refractivity (Wildman–Crippen MR) is 104 cm³/mol. The molecule has 2 N–H and O–H groups in total. The van der Waals surface area contributed by atoms with Crippen LogP contribution < -0.4 is 5.32 Å². The van der Waals surface area contributed by atoms with Crippen molar-refractivity contribution in [1.29, 1.82) is 0 Å². The third-order valence-electron chi connectivity index (χ3n) is 7.27. The number of carboxylic acid groups (broad SMARTS) is 1. The van der Waals surface area contributed by atoms with Gasteiger partial charge in [-0.1, -0.05) is 20.8 Å². The Hall–Kier alpha value is -2.50. The summed E-state index contributed by atoms with van der Waals surface area (Å²) < 4.78 is 0. The second-order valence-corrected chi connectivity index (χ2v) is 8.92. The van der Waals surface area contributed by atoms with Crippen molar-refractivity contribution in [3.63, 3.8) is 0 Å². The molecule has 2 aliphatic rings. The van der Waals surface area contributed by atoms with Gasteiger partial charge in [-0.3, -0.25) is 19.2 Å². The van der Waals surface area contributed by atoms with Crippen LogP contribution in [0.2, 0.25) is 0 Å². The molecular weight excluding hydrogens is 358 g/mol. The second kappa shape index (κ2) is 6.83. The van der Waals surface area contributed by atoms with E-state index >= 15 is 0 Å². The van der Waals surface area contributed by atoms with Gasteiger partial charge in [0, 0.05) is 35.9 Å². The highest BCUT2D eigenvalue weighted by molar-refractivity contribution is 6.01. The van der Waals surface area contributed by atoms with Crippen molar-refractivity contribution in [1.82, 2.24) is 0 Å². The molecule has 3 rings (SSSR count). The molecular formula is C22H27NO5. The van der Waals surface area contributed by atoms with Gasteiger partial charge in [0.05, 0.1) is 5.92 Å². The van der Waals surface area contributed by atoms with Crippen LogP contribution in [0.15, 0.2) is 24.3 Å².